The second kappa shape index (κ2) is 4.98. The molecule has 0 amide bonds. The van der Waals surface area contributed by atoms with E-state index in [2.05, 4.69) is 0 Å². The Morgan fingerprint density at radius 2 is 2.19 bits per heavy atom. The van der Waals surface area contributed by atoms with Crippen molar-refractivity contribution in [3.8, 4) is 0 Å². The van der Waals surface area contributed by atoms with Gasteiger partial charge in [-0.05, 0) is 41.6 Å². The van der Waals surface area contributed by atoms with Crippen molar-refractivity contribution in [2.75, 3.05) is 0 Å². The number of benzene rings is 1. The number of alkyl halides is 1. The van der Waals surface area contributed by atoms with Gasteiger partial charge < -0.3 is 0 Å². The summed E-state index contributed by atoms with van der Waals surface area (Å²) >= 11 is 7.96. The van der Waals surface area contributed by atoms with Crippen molar-refractivity contribution in [1.29, 1.82) is 0 Å². The fourth-order valence-electron chi connectivity index (χ4n) is 1.67. The standard InChI is InChI=1S/C13H12ClFS/c1-9-5-10(7-11(15)6-9)13(14)8-12-3-2-4-16-12/h2-7,13H,8H2,1H3. The number of aryl methyl sites for hydroxylation is 1. The lowest BCUT2D eigenvalue weighted by Gasteiger charge is -2.09. The average Bonchev–Trinajstić information content (AvgIpc) is 2.68. The highest BCUT2D eigenvalue weighted by Gasteiger charge is 2.11. The molecule has 0 aliphatic heterocycles. The van der Waals surface area contributed by atoms with Gasteiger partial charge in [-0.1, -0.05) is 12.1 Å². The van der Waals surface area contributed by atoms with Gasteiger partial charge in [-0.2, -0.15) is 0 Å². The molecule has 0 radical (unpaired) electrons. The van der Waals surface area contributed by atoms with Crippen molar-refractivity contribution < 1.29 is 4.39 Å². The molecule has 0 spiro atoms. The maximum Gasteiger partial charge on any atom is 0.123 e. The van der Waals surface area contributed by atoms with Gasteiger partial charge >= 0.3 is 0 Å². The smallest absolute Gasteiger partial charge is 0.123 e. The topological polar surface area (TPSA) is 0 Å². The second-order valence-corrected chi connectivity index (χ2v) is 5.37. The van der Waals surface area contributed by atoms with Crippen LogP contribution in [0.15, 0.2) is 35.7 Å². The summed E-state index contributed by atoms with van der Waals surface area (Å²) in [5.41, 5.74) is 1.76. The van der Waals surface area contributed by atoms with Crippen molar-refractivity contribution >= 4 is 22.9 Å². The van der Waals surface area contributed by atoms with Crippen LogP contribution >= 0.6 is 22.9 Å². The molecule has 2 rings (SSSR count). The first-order valence-electron chi connectivity index (χ1n) is 5.08. The molecule has 0 aliphatic carbocycles. The minimum Gasteiger partial charge on any atom is -0.207 e. The van der Waals surface area contributed by atoms with Gasteiger partial charge in [0.1, 0.15) is 5.82 Å². The number of rotatable bonds is 3. The van der Waals surface area contributed by atoms with E-state index in [1.165, 1.54) is 17.0 Å². The van der Waals surface area contributed by atoms with Crippen LogP contribution in [-0.4, -0.2) is 0 Å². The molecular formula is C13H12ClFS. The fraction of sp³-hybridized carbons (Fsp3) is 0.231. The van der Waals surface area contributed by atoms with Crippen LogP contribution in [0.25, 0.3) is 0 Å². The maximum atomic E-state index is 13.2. The largest absolute Gasteiger partial charge is 0.207 e. The zero-order valence-electron chi connectivity index (χ0n) is 8.91. The number of hydrogen-bond donors (Lipinski definition) is 0. The van der Waals surface area contributed by atoms with Gasteiger partial charge in [-0.15, -0.1) is 22.9 Å². The summed E-state index contributed by atoms with van der Waals surface area (Å²) in [7, 11) is 0. The Morgan fingerprint density at radius 3 is 2.81 bits per heavy atom. The summed E-state index contributed by atoms with van der Waals surface area (Å²) in [5, 5.41) is 1.86. The molecule has 1 heterocycles. The van der Waals surface area contributed by atoms with Crippen LogP contribution in [0.2, 0.25) is 0 Å². The molecule has 2 aromatic rings. The Morgan fingerprint density at radius 1 is 1.38 bits per heavy atom. The van der Waals surface area contributed by atoms with E-state index in [1.807, 2.05) is 30.5 Å². The van der Waals surface area contributed by atoms with Crippen LogP contribution in [0.4, 0.5) is 4.39 Å². The molecule has 1 aromatic carbocycles. The van der Waals surface area contributed by atoms with E-state index in [0.717, 1.165) is 17.5 Å². The van der Waals surface area contributed by atoms with Crippen LogP contribution in [0, 0.1) is 12.7 Å². The SMILES string of the molecule is Cc1cc(F)cc(C(Cl)Cc2cccs2)c1. The Bertz CT molecular complexity index is 445. The van der Waals surface area contributed by atoms with Crippen LogP contribution in [0.5, 0.6) is 0 Å². The highest BCUT2D eigenvalue weighted by atomic mass is 35.5. The molecule has 84 valence electrons. The first-order valence-corrected chi connectivity index (χ1v) is 6.40. The van der Waals surface area contributed by atoms with Crippen molar-refractivity contribution in [1.82, 2.24) is 0 Å². The Kier molecular flexibility index (Phi) is 3.62. The third kappa shape index (κ3) is 2.83. The van der Waals surface area contributed by atoms with E-state index in [1.54, 1.807) is 11.3 Å². The van der Waals surface area contributed by atoms with Gasteiger partial charge in [0.05, 0.1) is 5.38 Å². The zero-order chi connectivity index (χ0) is 11.5. The Balaban J connectivity index is 2.17. The number of halogens is 2. The molecule has 0 fully saturated rings. The minimum absolute atomic E-state index is 0.159. The van der Waals surface area contributed by atoms with E-state index in [-0.39, 0.29) is 11.2 Å². The predicted octanol–water partition coefficient (Wildman–Crippen LogP) is 4.72. The van der Waals surface area contributed by atoms with Crippen LogP contribution in [0.1, 0.15) is 21.4 Å². The molecule has 3 heteroatoms. The fourth-order valence-corrected chi connectivity index (χ4v) is 2.80. The number of thiophene rings is 1. The summed E-state index contributed by atoms with van der Waals surface area (Å²) in [5.74, 6) is -0.216. The summed E-state index contributed by atoms with van der Waals surface area (Å²) in [4.78, 5) is 1.22. The van der Waals surface area contributed by atoms with E-state index < -0.39 is 0 Å². The lowest BCUT2D eigenvalue weighted by Crippen LogP contribution is -1.95. The molecule has 0 N–H and O–H groups in total. The quantitative estimate of drug-likeness (QED) is 0.696. The molecule has 0 nitrogen and oxygen atoms in total. The van der Waals surface area contributed by atoms with Crippen LogP contribution in [0.3, 0.4) is 0 Å². The molecule has 1 unspecified atom stereocenters. The first kappa shape index (κ1) is 11.6. The second-order valence-electron chi connectivity index (χ2n) is 3.81. The molecule has 1 atom stereocenters. The summed E-state index contributed by atoms with van der Waals surface area (Å²) < 4.78 is 13.2. The minimum atomic E-state index is -0.216. The predicted molar refractivity (Wildman–Crippen MR) is 67.8 cm³/mol. The van der Waals surface area contributed by atoms with Crippen molar-refractivity contribution in [3.05, 3.63) is 57.5 Å². The Hall–Kier alpha value is -0.860. The maximum absolute atomic E-state index is 13.2. The summed E-state index contributed by atoms with van der Waals surface area (Å²) in [6, 6.07) is 9.01. The van der Waals surface area contributed by atoms with Gasteiger partial charge in [-0.25, -0.2) is 4.39 Å². The molecule has 16 heavy (non-hydrogen) atoms. The molecule has 0 bridgehead atoms. The average molecular weight is 255 g/mol. The van der Waals surface area contributed by atoms with Gasteiger partial charge in [0.2, 0.25) is 0 Å². The monoisotopic (exact) mass is 254 g/mol. The van der Waals surface area contributed by atoms with Crippen molar-refractivity contribution in [2.45, 2.75) is 18.7 Å². The zero-order valence-corrected chi connectivity index (χ0v) is 10.5. The van der Waals surface area contributed by atoms with Crippen LogP contribution < -0.4 is 0 Å². The highest BCUT2D eigenvalue weighted by Crippen LogP contribution is 2.28. The van der Waals surface area contributed by atoms with Gasteiger partial charge in [0, 0.05) is 11.3 Å². The summed E-state index contributed by atoms with van der Waals surface area (Å²) in [6.07, 6.45) is 0.752. The summed E-state index contributed by atoms with van der Waals surface area (Å²) in [6.45, 7) is 1.88. The lowest BCUT2D eigenvalue weighted by atomic mass is 10.1. The molecule has 1 aromatic heterocycles. The molecule has 0 aliphatic rings. The normalized spacial score (nSPS) is 12.7. The van der Waals surface area contributed by atoms with Crippen molar-refractivity contribution in [2.24, 2.45) is 0 Å². The van der Waals surface area contributed by atoms with E-state index in [0.29, 0.717) is 0 Å². The number of hydrogen-bond acceptors (Lipinski definition) is 1. The van der Waals surface area contributed by atoms with E-state index in [4.69, 9.17) is 11.6 Å². The van der Waals surface area contributed by atoms with E-state index in [9.17, 15) is 4.39 Å². The molecule has 0 saturated heterocycles. The lowest BCUT2D eigenvalue weighted by molar-refractivity contribution is 0.623. The van der Waals surface area contributed by atoms with E-state index >= 15 is 0 Å². The molecular weight excluding hydrogens is 243 g/mol. The van der Waals surface area contributed by atoms with Gasteiger partial charge in [0.25, 0.3) is 0 Å². The van der Waals surface area contributed by atoms with Crippen LogP contribution in [-0.2, 0) is 6.42 Å². The third-order valence-electron chi connectivity index (χ3n) is 2.39. The molecule has 0 saturated carbocycles. The highest BCUT2D eigenvalue weighted by molar-refractivity contribution is 7.09. The van der Waals surface area contributed by atoms with Gasteiger partial charge in [0.15, 0.2) is 0 Å². The first-order chi connectivity index (χ1) is 7.65. The van der Waals surface area contributed by atoms with Crippen molar-refractivity contribution in [3.63, 3.8) is 0 Å². The Labute approximate surface area is 104 Å². The third-order valence-corrected chi connectivity index (χ3v) is 3.69. The van der Waals surface area contributed by atoms with Gasteiger partial charge in [-0.3, -0.25) is 0 Å².